The molecule has 1 saturated heterocycles. The highest BCUT2D eigenvalue weighted by Crippen LogP contribution is 2.29. The van der Waals surface area contributed by atoms with Crippen LogP contribution in [0.25, 0.3) is 0 Å². The predicted molar refractivity (Wildman–Crippen MR) is 94.5 cm³/mol. The number of aromatic nitrogens is 1. The number of aromatic hydroxyl groups is 1. The van der Waals surface area contributed by atoms with E-state index in [0.717, 1.165) is 18.0 Å². The Kier molecular flexibility index (Phi) is 5.53. The fourth-order valence-electron chi connectivity index (χ4n) is 3.06. The van der Waals surface area contributed by atoms with E-state index in [1.165, 1.54) is 12.3 Å². The summed E-state index contributed by atoms with van der Waals surface area (Å²) < 4.78 is 38.3. The van der Waals surface area contributed by atoms with E-state index in [-0.39, 0.29) is 24.5 Å². The van der Waals surface area contributed by atoms with E-state index in [9.17, 15) is 23.1 Å². The highest BCUT2D eigenvalue weighted by Gasteiger charge is 2.30. The number of anilines is 1. The van der Waals surface area contributed by atoms with Gasteiger partial charge in [0, 0.05) is 32.6 Å². The first-order chi connectivity index (χ1) is 12.8. The van der Waals surface area contributed by atoms with Crippen molar-refractivity contribution in [2.75, 3.05) is 31.1 Å². The maximum Gasteiger partial charge on any atom is 0.416 e. The Morgan fingerprint density at radius 1 is 1.11 bits per heavy atom. The second-order valence-corrected chi connectivity index (χ2v) is 6.44. The van der Waals surface area contributed by atoms with Crippen LogP contribution in [0.1, 0.15) is 17.5 Å². The number of aryl methyl sites for hydroxylation is 1. The van der Waals surface area contributed by atoms with E-state index in [2.05, 4.69) is 4.98 Å². The molecule has 0 atom stereocenters. The number of hydrogen-bond acceptors (Lipinski definition) is 4. The highest BCUT2D eigenvalue weighted by molar-refractivity contribution is 5.76. The lowest BCUT2D eigenvalue weighted by Crippen LogP contribution is -2.49. The second kappa shape index (κ2) is 7.85. The van der Waals surface area contributed by atoms with Gasteiger partial charge in [0.1, 0.15) is 11.6 Å². The molecule has 0 unspecified atom stereocenters. The predicted octanol–water partition coefficient (Wildman–Crippen LogP) is 3.09. The van der Waals surface area contributed by atoms with Crippen molar-refractivity contribution >= 4 is 11.7 Å². The van der Waals surface area contributed by atoms with Gasteiger partial charge < -0.3 is 14.9 Å². The molecule has 1 aromatic carbocycles. The molecule has 0 radical (unpaired) electrons. The van der Waals surface area contributed by atoms with Gasteiger partial charge in [0.25, 0.3) is 0 Å². The molecule has 2 heterocycles. The van der Waals surface area contributed by atoms with Crippen molar-refractivity contribution in [2.24, 2.45) is 0 Å². The summed E-state index contributed by atoms with van der Waals surface area (Å²) >= 11 is 0. The summed E-state index contributed by atoms with van der Waals surface area (Å²) in [5.74, 6) is 0.775. The monoisotopic (exact) mass is 379 g/mol. The number of pyridine rings is 1. The van der Waals surface area contributed by atoms with Crippen LogP contribution in [0.15, 0.2) is 42.6 Å². The Labute approximate surface area is 155 Å². The van der Waals surface area contributed by atoms with Crippen LogP contribution >= 0.6 is 0 Å². The Balaban J connectivity index is 1.51. The summed E-state index contributed by atoms with van der Waals surface area (Å²) in [6, 6.07) is 8.39. The number of rotatable bonds is 4. The molecule has 1 N–H and O–H groups in total. The van der Waals surface area contributed by atoms with Crippen molar-refractivity contribution in [2.45, 2.75) is 19.0 Å². The zero-order chi connectivity index (χ0) is 19.4. The van der Waals surface area contributed by atoms with Gasteiger partial charge in [0.05, 0.1) is 11.8 Å². The molecule has 1 aliphatic rings. The van der Waals surface area contributed by atoms with Crippen molar-refractivity contribution in [1.82, 2.24) is 9.88 Å². The Bertz CT molecular complexity index is 786. The molecule has 8 heteroatoms. The van der Waals surface area contributed by atoms with Crippen LogP contribution in [-0.2, 0) is 17.4 Å². The minimum absolute atomic E-state index is 0.0641. The first-order valence-corrected chi connectivity index (χ1v) is 8.67. The number of nitrogens with zero attached hydrogens (tertiary/aromatic N) is 3. The van der Waals surface area contributed by atoms with Crippen molar-refractivity contribution < 1.29 is 23.1 Å². The van der Waals surface area contributed by atoms with Crippen LogP contribution in [0.5, 0.6) is 5.75 Å². The summed E-state index contributed by atoms with van der Waals surface area (Å²) in [6.45, 7) is 2.30. The summed E-state index contributed by atoms with van der Waals surface area (Å²) in [5, 5.41) is 9.29. The van der Waals surface area contributed by atoms with E-state index in [4.69, 9.17) is 0 Å². The van der Waals surface area contributed by atoms with Crippen LogP contribution in [0, 0.1) is 0 Å². The normalized spacial score (nSPS) is 15.1. The molecule has 0 spiro atoms. The quantitative estimate of drug-likeness (QED) is 0.887. The van der Waals surface area contributed by atoms with E-state index < -0.39 is 11.7 Å². The molecule has 0 bridgehead atoms. The number of amides is 1. The smallest absolute Gasteiger partial charge is 0.416 e. The van der Waals surface area contributed by atoms with Gasteiger partial charge in [-0.3, -0.25) is 4.79 Å². The summed E-state index contributed by atoms with van der Waals surface area (Å²) in [5.41, 5.74) is -0.187. The SMILES string of the molecule is O=C(CCc1cccc(C(F)(F)F)c1)N1CCN(c2ccc(O)cn2)CC1. The van der Waals surface area contributed by atoms with Crippen molar-refractivity contribution in [3.05, 3.63) is 53.7 Å². The Hall–Kier alpha value is -2.77. The number of hydrogen-bond donors (Lipinski definition) is 1. The van der Waals surface area contributed by atoms with E-state index in [1.54, 1.807) is 23.1 Å². The zero-order valence-electron chi connectivity index (χ0n) is 14.6. The van der Waals surface area contributed by atoms with Crippen LogP contribution in [0.2, 0.25) is 0 Å². The lowest BCUT2D eigenvalue weighted by molar-refractivity contribution is -0.137. The van der Waals surface area contributed by atoms with E-state index >= 15 is 0 Å². The summed E-state index contributed by atoms with van der Waals surface area (Å²) in [6.07, 6.45) is -2.54. The minimum Gasteiger partial charge on any atom is -0.506 e. The van der Waals surface area contributed by atoms with Crippen LogP contribution in [-0.4, -0.2) is 47.1 Å². The Morgan fingerprint density at radius 2 is 1.85 bits per heavy atom. The maximum absolute atomic E-state index is 12.8. The van der Waals surface area contributed by atoms with Crippen LogP contribution < -0.4 is 4.90 Å². The van der Waals surface area contributed by atoms with Gasteiger partial charge in [-0.05, 0) is 30.2 Å². The molecule has 1 aromatic heterocycles. The molecule has 1 aliphatic heterocycles. The largest absolute Gasteiger partial charge is 0.506 e. The third kappa shape index (κ3) is 4.90. The average Bonchev–Trinajstić information content (AvgIpc) is 2.66. The molecule has 1 amide bonds. The zero-order valence-corrected chi connectivity index (χ0v) is 14.6. The van der Waals surface area contributed by atoms with E-state index in [1.807, 2.05) is 4.90 Å². The number of halogens is 3. The third-order valence-electron chi connectivity index (χ3n) is 4.57. The van der Waals surface area contributed by atoms with Crippen molar-refractivity contribution in [3.8, 4) is 5.75 Å². The van der Waals surface area contributed by atoms with Crippen molar-refractivity contribution in [1.29, 1.82) is 0 Å². The molecule has 27 heavy (non-hydrogen) atoms. The topological polar surface area (TPSA) is 56.7 Å². The number of benzene rings is 1. The number of carbonyl (C=O) groups excluding carboxylic acids is 1. The van der Waals surface area contributed by atoms with Gasteiger partial charge in [-0.2, -0.15) is 13.2 Å². The van der Waals surface area contributed by atoms with Crippen LogP contribution in [0.4, 0.5) is 19.0 Å². The standard InChI is InChI=1S/C19H20F3N3O2/c20-19(21,22)15-3-1-2-14(12-15)4-7-18(27)25-10-8-24(9-11-25)17-6-5-16(26)13-23-17/h1-3,5-6,12-13,26H,4,7-11H2. The summed E-state index contributed by atoms with van der Waals surface area (Å²) in [7, 11) is 0. The minimum atomic E-state index is -4.38. The molecule has 2 aromatic rings. The fraction of sp³-hybridized carbons (Fsp3) is 0.368. The third-order valence-corrected chi connectivity index (χ3v) is 4.57. The first kappa shape index (κ1) is 19.0. The lowest BCUT2D eigenvalue weighted by Gasteiger charge is -2.35. The summed E-state index contributed by atoms with van der Waals surface area (Å²) in [4.78, 5) is 20.3. The second-order valence-electron chi connectivity index (χ2n) is 6.44. The Morgan fingerprint density at radius 3 is 2.48 bits per heavy atom. The van der Waals surface area contributed by atoms with Crippen molar-refractivity contribution in [3.63, 3.8) is 0 Å². The molecule has 0 saturated carbocycles. The maximum atomic E-state index is 12.8. The van der Waals surface area contributed by atoms with Crippen LogP contribution in [0.3, 0.4) is 0 Å². The fourth-order valence-corrected chi connectivity index (χ4v) is 3.06. The number of carbonyl (C=O) groups is 1. The molecule has 0 aliphatic carbocycles. The molecule has 5 nitrogen and oxygen atoms in total. The van der Waals surface area contributed by atoms with Gasteiger partial charge in [-0.15, -0.1) is 0 Å². The van der Waals surface area contributed by atoms with Gasteiger partial charge >= 0.3 is 6.18 Å². The average molecular weight is 379 g/mol. The van der Waals surface area contributed by atoms with Gasteiger partial charge in [0.2, 0.25) is 5.91 Å². The van der Waals surface area contributed by atoms with Gasteiger partial charge in [-0.1, -0.05) is 18.2 Å². The molecule has 1 fully saturated rings. The van der Waals surface area contributed by atoms with E-state index in [0.29, 0.717) is 31.7 Å². The highest BCUT2D eigenvalue weighted by atomic mass is 19.4. The molecule has 3 rings (SSSR count). The number of piperazine rings is 1. The van der Waals surface area contributed by atoms with Gasteiger partial charge in [-0.25, -0.2) is 4.98 Å². The number of alkyl halides is 3. The lowest BCUT2D eigenvalue weighted by atomic mass is 10.1. The molecule has 144 valence electrons. The van der Waals surface area contributed by atoms with Gasteiger partial charge in [0.15, 0.2) is 0 Å². The first-order valence-electron chi connectivity index (χ1n) is 8.67. The molecular formula is C19H20F3N3O2. The molecular weight excluding hydrogens is 359 g/mol.